The Hall–Kier alpha value is -2.40. The van der Waals surface area contributed by atoms with Crippen molar-refractivity contribution in [2.75, 3.05) is 25.1 Å². The van der Waals surface area contributed by atoms with Crippen LogP contribution >= 0.6 is 0 Å². The van der Waals surface area contributed by atoms with Crippen molar-refractivity contribution in [3.05, 3.63) is 65.5 Å². The molecule has 5 heteroatoms. The van der Waals surface area contributed by atoms with Gasteiger partial charge in [0, 0.05) is 37.0 Å². The topological polar surface area (TPSA) is 32.8 Å². The lowest BCUT2D eigenvalue weighted by atomic mass is 9.87. The second kappa shape index (κ2) is 7.45. The molecule has 2 aromatic rings. The monoisotopic (exact) mass is 396 g/mol. The Bertz CT molecular complexity index is 879. The number of methoxy groups -OCH3 is 1. The Kier molecular flexibility index (Phi) is 5.11. The highest BCUT2D eigenvalue weighted by atomic mass is 19.1. The van der Waals surface area contributed by atoms with Gasteiger partial charge < -0.3 is 14.5 Å². The summed E-state index contributed by atoms with van der Waals surface area (Å²) in [7, 11) is 1.67. The SMILES string of the molecule is COCc1ccc(C(=O)N2CCCC23CN(c2ccc(F)cc2)C(C)(C)C3)cc1. The first-order valence-corrected chi connectivity index (χ1v) is 10.3. The fraction of sp³-hybridized carbons (Fsp3) is 0.458. The van der Waals surface area contributed by atoms with E-state index in [-0.39, 0.29) is 22.8 Å². The lowest BCUT2D eigenvalue weighted by Crippen LogP contribution is -2.49. The van der Waals surface area contributed by atoms with Crippen LogP contribution in [0.25, 0.3) is 0 Å². The summed E-state index contributed by atoms with van der Waals surface area (Å²) in [5.41, 5.74) is 2.51. The molecule has 0 aliphatic carbocycles. The van der Waals surface area contributed by atoms with Crippen LogP contribution in [0.1, 0.15) is 49.0 Å². The van der Waals surface area contributed by atoms with Gasteiger partial charge in [0.25, 0.3) is 5.91 Å². The first kappa shape index (κ1) is 19.9. The van der Waals surface area contributed by atoms with Gasteiger partial charge in [-0.05, 0) is 75.1 Å². The zero-order valence-corrected chi connectivity index (χ0v) is 17.5. The van der Waals surface area contributed by atoms with Crippen LogP contribution in [0.2, 0.25) is 0 Å². The summed E-state index contributed by atoms with van der Waals surface area (Å²) >= 11 is 0. The zero-order chi connectivity index (χ0) is 20.6. The maximum atomic E-state index is 13.4. The Morgan fingerprint density at radius 2 is 1.79 bits per heavy atom. The van der Waals surface area contributed by atoms with Crippen LogP contribution in [0.5, 0.6) is 0 Å². The number of benzene rings is 2. The number of carbonyl (C=O) groups excluding carboxylic acids is 1. The number of halogens is 1. The average Bonchev–Trinajstić information content (AvgIpc) is 3.22. The maximum absolute atomic E-state index is 13.4. The van der Waals surface area contributed by atoms with Crippen molar-refractivity contribution in [1.82, 2.24) is 4.90 Å². The summed E-state index contributed by atoms with van der Waals surface area (Å²) in [5, 5.41) is 0. The molecule has 2 fully saturated rings. The molecule has 0 saturated carbocycles. The van der Waals surface area contributed by atoms with E-state index in [1.165, 1.54) is 12.1 Å². The second-order valence-electron chi connectivity index (χ2n) is 8.97. The van der Waals surface area contributed by atoms with Gasteiger partial charge in [0.15, 0.2) is 0 Å². The second-order valence-corrected chi connectivity index (χ2v) is 8.97. The van der Waals surface area contributed by atoms with Gasteiger partial charge in [0.1, 0.15) is 5.82 Å². The third-order valence-electron chi connectivity index (χ3n) is 6.44. The molecule has 0 N–H and O–H groups in total. The molecule has 1 amide bonds. The number of rotatable bonds is 4. The summed E-state index contributed by atoms with van der Waals surface area (Å²) < 4.78 is 18.6. The molecule has 4 rings (SSSR count). The van der Waals surface area contributed by atoms with Gasteiger partial charge in [-0.2, -0.15) is 0 Å². The predicted octanol–water partition coefficient (Wildman–Crippen LogP) is 4.64. The third kappa shape index (κ3) is 3.64. The standard InChI is InChI=1S/C24H29FN2O2/c1-23(2)16-24(17-27(23)21-11-9-20(25)10-12-21)13-4-14-26(24)22(28)19-7-5-18(6-8-19)15-29-3/h5-12H,4,13-17H2,1-3H3. The summed E-state index contributed by atoms with van der Waals surface area (Å²) in [6.45, 7) is 6.53. The van der Waals surface area contributed by atoms with E-state index in [1.807, 2.05) is 36.4 Å². The number of likely N-dealkylation sites (tertiary alicyclic amines) is 1. The van der Waals surface area contributed by atoms with Crippen molar-refractivity contribution >= 4 is 11.6 Å². The molecule has 0 bridgehead atoms. The molecule has 2 heterocycles. The maximum Gasteiger partial charge on any atom is 0.254 e. The smallest absolute Gasteiger partial charge is 0.254 e. The van der Waals surface area contributed by atoms with E-state index in [2.05, 4.69) is 23.6 Å². The number of carbonyl (C=O) groups is 1. The average molecular weight is 397 g/mol. The predicted molar refractivity (Wildman–Crippen MR) is 113 cm³/mol. The highest BCUT2D eigenvalue weighted by Gasteiger charge is 2.54. The van der Waals surface area contributed by atoms with Gasteiger partial charge in [-0.25, -0.2) is 4.39 Å². The van der Waals surface area contributed by atoms with E-state index in [4.69, 9.17) is 4.74 Å². The van der Waals surface area contributed by atoms with Crippen LogP contribution in [0.15, 0.2) is 48.5 Å². The molecular weight excluding hydrogens is 367 g/mol. The van der Waals surface area contributed by atoms with Gasteiger partial charge in [0.05, 0.1) is 12.1 Å². The Morgan fingerprint density at radius 3 is 2.45 bits per heavy atom. The molecule has 154 valence electrons. The fourth-order valence-corrected chi connectivity index (χ4v) is 5.20. The van der Waals surface area contributed by atoms with Crippen LogP contribution in [0, 0.1) is 5.82 Å². The Morgan fingerprint density at radius 1 is 1.10 bits per heavy atom. The highest BCUT2D eigenvalue weighted by Crippen LogP contribution is 2.47. The van der Waals surface area contributed by atoms with Crippen LogP contribution in [-0.4, -0.2) is 42.1 Å². The van der Waals surface area contributed by atoms with E-state index in [0.29, 0.717) is 6.61 Å². The van der Waals surface area contributed by atoms with Gasteiger partial charge in [-0.1, -0.05) is 12.1 Å². The number of nitrogens with zero attached hydrogens (tertiary/aromatic N) is 2. The minimum atomic E-state index is -0.227. The van der Waals surface area contributed by atoms with Gasteiger partial charge in [-0.3, -0.25) is 4.79 Å². The third-order valence-corrected chi connectivity index (χ3v) is 6.44. The molecule has 2 aromatic carbocycles. The van der Waals surface area contributed by atoms with Crippen molar-refractivity contribution in [2.24, 2.45) is 0 Å². The van der Waals surface area contributed by atoms with E-state index >= 15 is 0 Å². The van der Waals surface area contributed by atoms with E-state index < -0.39 is 0 Å². The molecule has 2 aliphatic heterocycles. The molecule has 2 saturated heterocycles. The molecule has 29 heavy (non-hydrogen) atoms. The number of ether oxygens (including phenoxy) is 1. The van der Waals surface area contributed by atoms with Crippen LogP contribution < -0.4 is 4.90 Å². The molecule has 0 aromatic heterocycles. The summed E-state index contributed by atoms with van der Waals surface area (Å²) in [4.78, 5) is 17.8. The van der Waals surface area contributed by atoms with Crippen LogP contribution in [-0.2, 0) is 11.3 Å². The number of hydrogen-bond acceptors (Lipinski definition) is 3. The molecule has 2 aliphatic rings. The lowest BCUT2D eigenvalue weighted by molar-refractivity contribution is 0.0617. The largest absolute Gasteiger partial charge is 0.380 e. The van der Waals surface area contributed by atoms with E-state index in [0.717, 1.165) is 49.2 Å². The first-order chi connectivity index (χ1) is 13.8. The zero-order valence-electron chi connectivity index (χ0n) is 17.5. The number of amides is 1. The molecule has 1 spiro atoms. The normalized spacial score (nSPS) is 23.2. The number of anilines is 1. The van der Waals surface area contributed by atoms with Crippen LogP contribution in [0.3, 0.4) is 0 Å². The first-order valence-electron chi connectivity index (χ1n) is 10.3. The summed E-state index contributed by atoms with van der Waals surface area (Å²) in [6, 6.07) is 14.4. The van der Waals surface area contributed by atoms with Crippen molar-refractivity contribution < 1.29 is 13.9 Å². The van der Waals surface area contributed by atoms with E-state index in [9.17, 15) is 9.18 Å². The van der Waals surface area contributed by atoms with Gasteiger partial charge >= 0.3 is 0 Å². The highest BCUT2D eigenvalue weighted by molar-refractivity contribution is 5.95. The van der Waals surface area contributed by atoms with Gasteiger partial charge in [0.2, 0.25) is 0 Å². The summed E-state index contributed by atoms with van der Waals surface area (Å²) in [5.74, 6) is -0.127. The molecule has 1 atom stereocenters. The molecule has 4 nitrogen and oxygen atoms in total. The van der Waals surface area contributed by atoms with Crippen molar-refractivity contribution in [3.63, 3.8) is 0 Å². The minimum Gasteiger partial charge on any atom is -0.380 e. The van der Waals surface area contributed by atoms with Crippen molar-refractivity contribution in [2.45, 2.75) is 50.8 Å². The number of hydrogen-bond donors (Lipinski definition) is 0. The molecule has 0 radical (unpaired) electrons. The lowest BCUT2D eigenvalue weighted by Gasteiger charge is -2.35. The molecule has 1 unspecified atom stereocenters. The Balaban J connectivity index is 1.59. The van der Waals surface area contributed by atoms with E-state index in [1.54, 1.807) is 7.11 Å². The fourth-order valence-electron chi connectivity index (χ4n) is 5.20. The Labute approximate surface area is 172 Å². The van der Waals surface area contributed by atoms with Gasteiger partial charge in [-0.15, -0.1) is 0 Å². The van der Waals surface area contributed by atoms with Crippen molar-refractivity contribution in [1.29, 1.82) is 0 Å². The van der Waals surface area contributed by atoms with Crippen LogP contribution in [0.4, 0.5) is 10.1 Å². The molecular formula is C24H29FN2O2. The minimum absolute atomic E-state index is 0.100. The summed E-state index contributed by atoms with van der Waals surface area (Å²) in [6.07, 6.45) is 2.92. The van der Waals surface area contributed by atoms with Crippen molar-refractivity contribution in [3.8, 4) is 0 Å². The quantitative estimate of drug-likeness (QED) is 0.755.